The van der Waals surface area contributed by atoms with Gasteiger partial charge in [-0.25, -0.2) is 0 Å². The Labute approximate surface area is 128 Å². The van der Waals surface area contributed by atoms with Crippen LogP contribution in [0.5, 0.6) is 5.75 Å². The van der Waals surface area contributed by atoms with Crippen molar-refractivity contribution in [2.75, 3.05) is 13.2 Å². The maximum atomic E-state index is 10.0. The molecule has 0 amide bonds. The van der Waals surface area contributed by atoms with Crippen molar-refractivity contribution in [3.05, 3.63) is 29.8 Å². The molecule has 2 atom stereocenters. The van der Waals surface area contributed by atoms with Crippen LogP contribution in [-0.2, 0) is 0 Å². The molecule has 1 aromatic rings. The van der Waals surface area contributed by atoms with Gasteiger partial charge in [-0.2, -0.15) is 0 Å². The molecular weight excluding hydrogens is 262 g/mol. The zero-order chi connectivity index (χ0) is 15.3. The number of aliphatic hydroxyl groups excluding tert-OH is 1. The van der Waals surface area contributed by atoms with Gasteiger partial charge in [-0.3, -0.25) is 0 Å². The van der Waals surface area contributed by atoms with Crippen molar-refractivity contribution in [3.63, 3.8) is 0 Å². The van der Waals surface area contributed by atoms with E-state index in [-0.39, 0.29) is 0 Å². The Kier molecular flexibility index (Phi) is 5.65. The van der Waals surface area contributed by atoms with Crippen molar-refractivity contribution < 1.29 is 9.84 Å². The van der Waals surface area contributed by atoms with Crippen molar-refractivity contribution in [2.45, 2.75) is 58.6 Å². The van der Waals surface area contributed by atoms with E-state index in [0.29, 0.717) is 24.6 Å². The summed E-state index contributed by atoms with van der Waals surface area (Å²) in [5, 5.41) is 13.5. The molecule has 2 rings (SSSR count). The molecule has 0 heterocycles. The Bertz CT molecular complexity index is 427. The topological polar surface area (TPSA) is 41.5 Å². The lowest BCUT2D eigenvalue weighted by molar-refractivity contribution is 0.0965. The molecule has 2 N–H and O–H groups in total. The van der Waals surface area contributed by atoms with E-state index in [0.717, 1.165) is 5.75 Å². The van der Waals surface area contributed by atoms with E-state index in [1.165, 1.54) is 31.2 Å². The van der Waals surface area contributed by atoms with E-state index >= 15 is 0 Å². The second-order valence-electron chi connectivity index (χ2n) is 7.14. The van der Waals surface area contributed by atoms with Crippen LogP contribution in [0.15, 0.2) is 24.3 Å². The van der Waals surface area contributed by atoms with Crippen LogP contribution in [0.1, 0.15) is 45.1 Å². The second-order valence-corrected chi connectivity index (χ2v) is 7.14. The summed E-state index contributed by atoms with van der Waals surface area (Å²) in [6.45, 7) is 7.66. The number of nitrogens with one attached hydrogen (secondary N) is 1. The van der Waals surface area contributed by atoms with E-state index < -0.39 is 6.10 Å². The molecule has 3 nitrogen and oxygen atoms in total. The second kappa shape index (κ2) is 7.28. The molecule has 0 saturated heterocycles. The van der Waals surface area contributed by atoms with Gasteiger partial charge in [0.15, 0.2) is 0 Å². The molecule has 0 aromatic heterocycles. The Morgan fingerprint density at radius 2 is 2.05 bits per heavy atom. The zero-order valence-corrected chi connectivity index (χ0v) is 13.6. The van der Waals surface area contributed by atoms with Gasteiger partial charge in [0.2, 0.25) is 0 Å². The summed E-state index contributed by atoms with van der Waals surface area (Å²) in [6, 6.07) is 8.45. The van der Waals surface area contributed by atoms with Gasteiger partial charge in [-0.15, -0.1) is 0 Å². The Morgan fingerprint density at radius 1 is 1.33 bits per heavy atom. The molecule has 0 radical (unpaired) electrons. The van der Waals surface area contributed by atoms with Gasteiger partial charge in [-0.1, -0.05) is 38.0 Å². The van der Waals surface area contributed by atoms with E-state index in [4.69, 9.17) is 4.74 Å². The van der Waals surface area contributed by atoms with Gasteiger partial charge < -0.3 is 15.2 Å². The lowest BCUT2D eigenvalue weighted by Crippen LogP contribution is -2.42. The third-order valence-corrected chi connectivity index (χ3v) is 4.31. The number of ether oxygens (including phenoxy) is 1. The molecule has 1 aliphatic rings. The number of aryl methyl sites for hydroxylation is 1. The SMILES string of the molecule is Cc1ccc(OCC(O)CNC2CCCC(C)(C)C2)cc1. The molecule has 1 fully saturated rings. The highest BCUT2D eigenvalue weighted by Crippen LogP contribution is 2.34. The first-order valence-electron chi connectivity index (χ1n) is 8.05. The minimum absolute atomic E-state index is 0.339. The van der Waals surface area contributed by atoms with Crippen LogP contribution in [0.4, 0.5) is 0 Å². The minimum atomic E-state index is -0.462. The molecule has 0 spiro atoms. The van der Waals surface area contributed by atoms with Gasteiger partial charge in [-0.05, 0) is 43.7 Å². The van der Waals surface area contributed by atoms with Crippen LogP contribution >= 0.6 is 0 Å². The fraction of sp³-hybridized carbons (Fsp3) is 0.667. The van der Waals surface area contributed by atoms with Crippen LogP contribution in [0.25, 0.3) is 0 Å². The summed E-state index contributed by atoms with van der Waals surface area (Å²) in [5.41, 5.74) is 1.64. The Hall–Kier alpha value is -1.06. The van der Waals surface area contributed by atoms with Crippen molar-refractivity contribution in [1.82, 2.24) is 5.32 Å². The molecule has 3 heteroatoms. The summed E-state index contributed by atoms with van der Waals surface area (Å²) < 4.78 is 5.61. The van der Waals surface area contributed by atoms with E-state index in [1.54, 1.807) is 0 Å². The van der Waals surface area contributed by atoms with Crippen molar-refractivity contribution in [3.8, 4) is 5.75 Å². The Balaban J connectivity index is 1.67. The van der Waals surface area contributed by atoms with Crippen molar-refractivity contribution >= 4 is 0 Å². The molecular formula is C18H29NO2. The van der Waals surface area contributed by atoms with E-state index in [1.807, 2.05) is 31.2 Å². The van der Waals surface area contributed by atoms with Gasteiger partial charge in [0, 0.05) is 12.6 Å². The van der Waals surface area contributed by atoms with Gasteiger partial charge in [0.25, 0.3) is 0 Å². The van der Waals surface area contributed by atoms with Gasteiger partial charge in [0.05, 0.1) is 0 Å². The van der Waals surface area contributed by atoms with Crippen LogP contribution in [0.2, 0.25) is 0 Å². The van der Waals surface area contributed by atoms with Gasteiger partial charge in [0.1, 0.15) is 18.5 Å². The maximum Gasteiger partial charge on any atom is 0.119 e. The van der Waals surface area contributed by atoms with Crippen LogP contribution in [0.3, 0.4) is 0 Å². The first kappa shape index (κ1) is 16.3. The number of benzene rings is 1. The molecule has 1 aromatic carbocycles. The summed E-state index contributed by atoms with van der Waals surface area (Å²) in [4.78, 5) is 0. The number of hydrogen-bond donors (Lipinski definition) is 2. The minimum Gasteiger partial charge on any atom is -0.491 e. The van der Waals surface area contributed by atoms with Crippen LogP contribution in [-0.4, -0.2) is 30.4 Å². The summed E-state index contributed by atoms with van der Waals surface area (Å²) >= 11 is 0. The fourth-order valence-electron chi connectivity index (χ4n) is 3.06. The third-order valence-electron chi connectivity index (χ3n) is 4.31. The predicted octanol–water partition coefficient (Wildman–Crippen LogP) is 3.29. The number of aliphatic hydroxyl groups is 1. The lowest BCUT2D eigenvalue weighted by Gasteiger charge is -2.36. The summed E-state index contributed by atoms with van der Waals surface area (Å²) in [6.07, 6.45) is 4.54. The van der Waals surface area contributed by atoms with Crippen LogP contribution < -0.4 is 10.1 Å². The lowest BCUT2D eigenvalue weighted by atomic mass is 9.75. The average molecular weight is 291 g/mol. The highest BCUT2D eigenvalue weighted by Gasteiger charge is 2.27. The molecule has 1 aliphatic carbocycles. The zero-order valence-electron chi connectivity index (χ0n) is 13.6. The fourth-order valence-corrected chi connectivity index (χ4v) is 3.06. The smallest absolute Gasteiger partial charge is 0.119 e. The Morgan fingerprint density at radius 3 is 2.71 bits per heavy atom. The molecule has 118 valence electrons. The van der Waals surface area contributed by atoms with Crippen LogP contribution in [0, 0.1) is 12.3 Å². The number of hydrogen-bond acceptors (Lipinski definition) is 3. The monoisotopic (exact) mass is 291 g/mol. The van der Waals surface area contributed by atoms with Crippen molar-refractivity contribution in [2.24, 2.45) is 5.41 Å². The first-order chi connectivity index (χ1) is 9.94. The molecule has 2 unspecified atom stereocenters. The standard InChI is InChI=1S/C18H29NO2/c1-14-6-8-17(9-7-14)21-13-16(20)12-19-15-5-4-10-18(2,3)11-15/h6-9,15-16,19-20H,4-5,10-13H2,1-3H3. The molecule has 21 heavy (non-hydrogen) atoms. The third kappa shape index (κ3) is 5.68. The average Bonchev–Trinajstić information content (AvgIpc) is 2.43. The maximum absolute atomic E-state index is 10.0. The van der Waals surface area contributed by atoms with E-state index in [9.17, 15) is 5.11 Å². The predicted molar refractivity (Wildman–Crippen MR) is 86.7 cm³/mol. The van der Waals surface area contributed by atoms with E-state index in [2.05, 4.69) is 19.2 Å². The summed E-state index contributed by atoms with van der Waals surface area (Å²) in [5.74, 6) is 0.818. The normalized spacial score (nSPS) is 22.8. The van der Waals surface area contributed by atoms with Crippen molar-refractivity contribution in [1.29, 1.82) is 0 Å². The summed E-state index contributed by atoms with van der Waals surface area (Å²) in [7, 11) is 0. The molecule has 1 saturated carbocycles. The first-order valence-corrected chi connectivity index (χ1v) is 8.05. The number of rotatable bonds is 6. The molecule has 0 bridgehead atoms. The molecule has 0 aliphatic heterocycles. The quantitative estimate of drug-likeness (QED) is 0.845. The van der Waals surface area contributed by atoms with Gasteiger partial charge >= 0.3 is 0 Å². The highest BCUT2D eigenvalue weighted by atomic mass is 16.5. The highest BCUT2D eigenvalue weighted by molar-refractivity contribution is 5.26. The largest absolute Gasteiger partial charge is 0.491 e.